The Morgan fingerprint density at radius 1 is 1.12 bits per heavy atom. The fraction of sp³-hybridized carbons (Fsp3) is 0.556. The lowest BCUT2D eigenvalue weighted by Gasteiger charge is -2.29. The van der Waals surface area contributed by atoms with Crippen LogP contribution < -0.4 is 10.2 Å². The Balaban J connectivity index is 2.72. The first kappa shape index (κ1) is 20.9. The molecular formula is C18H29N3O4. The van der Waals surface area contributed by atoms with Crippen LogP contribution in [0.25, 0.3) is 0 Å². The van der Waals surface area contributed by atoms with Crippen LogP contribution in [0.1, 0.15) is 13.3 Å². The maximum Gasteiger partial charge on any atom is 0.242 e. The second-order valence-corrected chi connectivity index (χ2v) is 5.72. The molecule has 0 aliphatic carbocycles. The molecule has 0 radical (unpaired) electrons. The molecule has 0 spiro atoms. The molecule has 0 saturated carbocycles. The summed E-state index contributed by atoms with van der Waals surface area (Å²) < 4.78 is 10.5. The van der Waals surface area contributed by atoms with E-state index >= 15 is 0 Å². The number of hydrogen-bond acceptors (Lipinski definition) is 5. The summed E-state index contributed by atoms with van der Waals surface area (Å²) in [7, 11) is 4.74. The highest BCUT2D eigenvalue weighted by molar-refractivity contribution is 5.87. The van der Waals surface area contributed by atoms with E-state index < -0.39 is 6.29 Å². The summed E-state index contributed by atoms with van der Waals surface area (Å²) >= 11 is 0. The molecule has 1 N–H and O–H groups in total. The van der Waals surface area contributed by atoms with Crippen molar-refractivity contribution >= 4 is 17.5 Å². The molecule has 0 aliphatic rings. The fourth-order valence-corrected chi connectivity index (χ4v) is 2.23. The van der Waals surface area contributed by atoms with E-state index in [1.165, 1.54) is 4.90 Å². The van der Waals surface area contributed by atoms with Gasteiger partial charge in [0.15, 0.2) is 6.29 Å². The van der Waals surface area contributed by atoms with Crippen molar-refractivity contribution < 1.29 is 19.1 Å². The number of benzene rings is 1. The molecule has 1 aromatic carbocycles. The van der Waals surface area contributed by atoms with Gasteiger partial charge in [0.2, 0.25) is 11.8 Å². The maximum atomic E-state index is 12.5. The van der Waals surface area contributed by atoms with E-state index in [1.54, 1.807) is 21.3 Å². The smallest absolute Gasteiger partial charge is 0.242 e. The predicted octanol–water partition coefficient (Wildman–Crippen LogP) is 1.10. The number of rotatable bonds is 11. The van der Waals surface area contributed by atoms with Crippen molar-refractivity contribution in [1.29, 1.82) is 0 Å². The Bertz CT molecular complexity index is 520. The average molecular weight is 351 g/mol. The molecule has 140 valence electrons. The van der Waals surface area contributed by atoms with E-state index in [9.17, 15) is 9.59 Å². The highest BCUT2D eigenvalue weighted by Crippen LogP contribution is 2.14. The molecule has 0 atom stereocenters. The van der Waals surface area contributed by atoms with Crippen molar-refractivity contribution in [3.63, 3.8) is 0 Å². The number of carbonyl (C=O) groups is 2. The Morgan fingerprint density at radius 2 is 1.76 bits per heavy atom. The van der Waals surface area contributed by atoms with E-state index in [0.717, 1.165) is 12.1 Å². The van der Waals surface area contributed by atoms with Gasteiger partial charge in [-0.25, -0.2) is 0 Å². The molecule has 25 heavy (non-hydrogen) atoms. The van der Waals surface area contributed by atoms with Crippen molar-refractivity contribution in [3.05, 3.63) is 30.3 Å². The van der Waals surface area contributed by atoms with Crippen molar-refractivity contribution in [1.82, 2.24) is 10.2 Å². The van der Waals surface area contributed by atoms with Gasteiger partial charge in [0.1, 0.15) is 0 Å². The number of ether oxygens (including phenoxy) is 2. The van der Waals surface area contributed by atoms with Gasteiger partial charge in [-0.3, -0.25) is 9.59 Å². The first-order valence-electron chi connectivity index (χ1n) is 8.38. The molecular weight excluding hydrogens is 322 g/mol. The van der Waals surface area contributed by atoms with Crippen LogP contribution in [0.4, 0.5) is 5.69 Å². The largest absolute Gasteiger partial charge is 0.357 e. The molecule has 1 aromatic rings. The lowest BCUT2D eigenvalue weighted by molar-refractivity contribution is -0.134. The van der Waals surface area contributed by atoms with Crippen molar-refractivity contribution in [2.45, 2.75) is 19.6 Å². The minimum Gasteiger partial charge on any atom is -0.357 e. The van der Waals surface area contributed by atoms with Crippen molar-refractivity contribution in [3.8, 4) is 0 Å². The lowest BCUT2D eigenvalue weighted by Crippen LogP contribution is -2.45. The number of hydrogen-bond donors (Lipinski definition) is 1. The quantitative estimate of drug-likeness (QED) is 0.605. The lowest BCUT2D eigenvalue weighted by atomic mass is 10.2. The van der Waals surface area contributed by atoms with Gasteiger partial charge in [-0.15, -0.1) is 0 Å². The van der Waals surface area contributed by atoms with Gasteiger partial charge in [-0.1, -0.05) is 25.1 Å². The zero-order valence-electron chi connectivity index (χ0n) is 15.5. The first-order chi connectivity index (χ1) is 12.0. The summed E-state index contributed by atoms with van der Waals surface area (Å²) in [5.74, 6) is -0.308. The molecule has 0 aliphatic heterocycles. The van der Waals surface area contributed by atoms with Gasteiger partial charge in [0.05, 0.1) is 19.6 Å². The molecule has 2 amide bonds. The second kappa shape index (κ2) is 11.4. The van der Waals surface area contributed by atoms with Gasteiger partial charge in [-0.2, -0.15) is 0 Å². The van der Waals surface area contributed by atoms with Crippen LogP contribution in [0.15, 0.2) is 30.3 Å². The minimum absolute atomic E-state index is 0.0411. The van der Waals surface area contributed by atoms with Crippen LogP contribution in [0.2, 0.25) is 0 Å². The van der Waals surface area contributed by atoms with E-state index in [1.807, 2.05) is 42.2 Å². The summed E-state index contributed by atoms with van der Waals surface area (Å²) in [4.78, 5) is 27.6. The number of carbonyl (C=O) groups excluding carboxylic acids is 2. The molecule has 0 bridgehead atoms. The third-order valence-corrected chi connectivity index (χ3v) is 3.72. The Morgan fingerprint density at radius 3 is 2.32 bits per heavy atom. The molecule has 7 heteroatoms. The molecule has 0 unspecified atom stereocenters. The molecule has 1 rings (SSSR count). The number of nitrogens with one attached hydrogen (secondary N) is 1. The van der Waals surface area contributed by atoms with Gasteiger partial charge in [-0.05, 0) is 18.6 Å². The maximum absolute atomic E-state index is 12.5. The minimum atomic E-state index is -0.453. The molecule has 0 saturated heterocycles. The average Bonchev–Trinajstić information content (AvgIpc) is 2.63. The van der Waals surface area contributed by atoms with Crippen LogP contribution in [0.3, 0.4) is 0 Å². The van der Waals surface area contributed by atoms with Gasteiger partial charge < -0.3 is 24.6 Å². The monoisotopic (exact) mass is 351 g/mol. The fourth-order valence-electron chi connectivity index (χ4n) is 2.23. The molecule has 7 nitrogen and oxygen atoms in total. The van der Waals surface area contributed by atoms with Crippen molar-refractivity contribution in [2.24, 2.45) is 0 Å². The Kier molecular flexibility index (Phi) is 9.57. The third-order valence-electron chi connectivity index (χ3n) is 3.72. The third kappa shape index (κ3) is 7.53. The highest BCUT2D eigenvalue weighted by atomic mass is 16.7. The van der Waals surface area contributed by atoms with Crippen LogP contribution in [0.5, 0.6) is 0 Å². The van der Waals surface area contributed by atoms with Crippen LogP contribution in [-0.4, -0.2) is 70.5 Å². The Hall–Kier alpha value is -2.12. The highest BCUT2D eigenvalue weighted by Gasteiger charge is 2.20. The molecule has 0 heterocycles. The van der Waals surface area contributed by atoms with E-state index in [4.69, 9.17) is 9.47 Å². The van der Waals surface area contributed by atoms with Crippen LogP contribution >= 0.6 is 0 Å². The number of amides is 2. The molecule has 0 fully saturated rings. The van der Waals surface area contributed by atoms with E-state index in [0.29, 0.717) is 13.1 Å². The summed E-state index contributed by atoms with van der Waals surface area (Å²) in [6, 6.07) is 9.57. The summed E-state index contributed by atoms with van der Waals surface area (Å²) in [5, 5.41) is 2.77. The number of anilines is 1. The number of methoxy groups -OCH3 is 2. The summed E-state index contributed by atoms with van der Waals surface area (Å²) in [6.07, 6.45) is 0.409. The normalized spacial score (nSPS) is 10.6. The van der Waals surface area contributed by atoms with Crippen LogP contribution in [-0.2, 0) is 19.1 Å². The second-order valence-electron chi connectivity index (χ2n) is 5.72. The van der Waals surface area contributed by atoms with E-state index in [-0.39, 0.29) is 24.9 Å². The van der Waals surface area contributed by atoms with Gasteiger partial charge >= 0.3 is 0 Å². The number of nitrogens with zero attached hydrogens (tertiary/aromatic N) is 2. The first-order valence-corrected chi connectivity index (χ1v) is 8.38. The predicted molar refractivity (Wildman–Crippen MR) is 97.4 cm³/mol. The zero-order chi connectivity index (χ0) is 18.7. The van der Waals surface area contributed by atoms with Crippen LogP contribution in [0, 0.1) is 0 Å². The van der Waals surface area contributed by atoms with Crippen molar-refractivity contribution in [2.75, 3.05) is 52.3 Å². The summed E-state index contributed by atoms with van der Waals surface area (Å²) in [6.45, 7) is 3.16. The number of likely N-dealkylation sites (N-methyl/N-ethyl adjacent to an activating group) is 1. The standard InChI is InChI=1S/C18H29N3O4/c1-5-11-19-16(22)12-20(2)17(23)13-21(14-18(24-3)25-4)15-9-7-6-8-10-15/h6-10,18H,5,11-14H2,1-4H3,(H,19,22). The zero-order valence-corrected chi connectivity index (χ0v) is 15.5. The van der Waals surface area contributed by atoms with Gasteiger partial charge in [0.25, 0.3) is 0 Å². The topological polar surface area (TPSA) is 71.1 Å². The van der Waals surface area contributed by atoms with E-state index in [2.05, 4.69) is 5.32 Å². The Labute approximate surface area is 149 Å². The number of para-hydroxylation sites is 1. The summed E-state index contributed by atoms with van der Waals surface area (Å²) in [5.41, 5.74) is 0.888. The SMILES string of the molecule is CCCNC(=O)CN(C)C(=O)CN(CC(OC)OC)c1ccccc1. The molecule has 0 aromatic heterocycles. The van der Waals surface area contributed by atoms with Gasteiger partial charge in [0, 0.05) is 33.5 Å².